The van der Waals surface area contributed by atoms with Gasteiger partial charge in [-0.1, -0.05) is 84.5 Å². The minimum absolute atomic E-state index is 0.241. The average molecular weight is 456 g/mol. The number of rotatable bonds is 19. The Labute approximate surface area is 196 Å². The molecule has 1 aliphatic heterocycles. The van der Waals surface area contributed by atoms with Crippen molar-refractivity contribution >= 4 is 23.6 Å². The predicted octanol–water partition coefficient (Wildman–Crippen LogP) is 7.30. The van der Waals surface area contributed by atoms with Crippen molar-refractivity contribution in [2.24, 2.45) is 5.92 Å². The lowest BCUT2D eigenvalue weighted by molar-refractivity contribution is -0.134. The number of nitrogens with zero attached hydrogens (tertiary/aromatic N) is 1. The van der Waals surface area contributed by atoms with Gasteiger partial charge in [-0.15, -0.1) is 11.8 Å². The second-order valence-electron chi connectivity index (χ2n) is 9.61. The van der Waals surface area contributed by atoms with E-state index in [1.807, 2.05) is 0 Å². The van der Waals surface area contributed by atoms with Crippen LogP contribution in [0.5, 0.6) is 0 Å². The topological polar surface area (TPSA) is 57.6 Å². The summed E-state index contributed by atoms with van der Waals surface area (Å²) in [6.45, 7) is 6.44. The predicted molar refractivity (Wildman–Crippen MR) is 134 cm³/mol. The molecule has 182 valence electrons. The molecule has 0 aromatic heterocycles. The number of unbranched alkanes of at least 4 members (excludes halogenated alkanes) is 10. The summed E-state index contributed by atoms with van der Waals surface area (Å²) in [4.78, 5) is 25.3. The highest BCUT2D eigenvalue weighted by Crippen LogP contribution is 2.24. The first-order valence-corrected chi connectivity index (χ1v) is 14.2. The number of aliphatic carboxylic acids is 1. The maximum Gasteiger partial charge on any atom is 0.313 e. The highest BCUT2D eigenvalue weighted by Gasteiger charge is 2.19. The van der Waals surface area contributed by atoms with E-state index in [1.54, 1.807) is 11.8 Å². The van der Waals surface area contributed by atoms with Gasteiger partial charge in [0.05, 0.1) is 5.75 Å². The SMILES string of the molecule is CCCCCCCCC(CCCCCCCCC(=O)N1CCC(C)CC1)SCC(=O)O. The van der Waals surface area contributed by atoms with E-state index in [1.165, 1.54) is 70.6 Å². The van der Waals surface area contributed by atoms with Crippen molar-refractivity contribution in [3.63, 3.8) is 0 Å². The number of likely N-dealkylation sites (tertiary alicyclic amines) is 1. The summed E-state index contributed by atoms with van der Waals surface area (Å²) in [7, 11) is 0. The normalized spacial score (nSPS) is 15.9. The van der Waals surface area contributed by atoms with Crippen LogP contribution in [0.4, 0.5) is 0 Å². The van der Waals surface area contributed by atoms with Crippen LogP contribution in [0, 0.1) is 5.92 Å². The number of carboxylic acid groups (broad SMARTS) is 1. The number of piperidine rings is 1. The van der Waals surface area contributed by atoms with E-state index >= 15 is 0 Å². The van der Waals surface area contributed by atoms with Crippen LogP contribution in [-0.2, 0) is 9.59 Å². The average Bonchev–Trinajstić information content (AvgIpc) is 2.75. The Bertz CT molecular complexity index is 464. The van der Waals surface area contributed by atoms with E-state index in [0.29, 0.717) is 11.2 Å². The van der Waals surface area contributed by atoms with Crippen LogP contribution in [0.2, 0.25) is 0 Å². The van der Waals surface area contributed by atoms with Crippen LogP contribution in [-0.4, -0.2) is 46.0 Å². The molecule has 1 aliphatic rings. The molecule has 0 aliphatic carbocycles. The molecule has 0 aromatic rings. The van der Waals surface area contributed by atoms with Gasteiger partial charge in [-0.2, -0.15) is 0 Å². The number of hydrogen-bond acceptors (Lipinski definition) is 3. The zero-order valence-electron chi connectivity index (χ0n) is 20.4. The molecule has 1 saturated heterocycles. The van der Waals surface area contributed by atoms with E-state index in [-0.39, 0.29) is 5.75 Å². The molecule has 0 spiro atoms. The Morgan fingerprint density at radius 3 is 1.94 bits per heavy atom. The van der Waals surface area contributed by atoms with Crippen molar-refractivity contribution < 1.29 is 14.7 Å². The fraction of sp³-hybridized carbons (Fsp3) is 0.923. The van der Waals surface area contributed by atoms with Crippen molar-refractivity contribution in [1.29, 1.82) is 0 Å². The van der Waals surface area contributed by atoms with E-state index in [2.05, 4.69) is 18.7 Å². The molecule has 0 saturated carbocycles. The number of hydrogen-bond donors (Lipinski definition) is 1. The van der Waals surface area contributed by atoms with Crippen molar-refractivity contribution in [1.82, 2.24) is 4.90 Å². The quantitative estimate of drug-likeness (QED) is 0.208. The van der Waals surface area contributed by atoms with E-state index in [0.717, 1.165) is 57.5 Å². The summed E-state index contributed by atoms with van der Waals surface area (Å²) in [5.74, 6) is 0.688. The molecule has 1 unspecified atom stereocenters. The number of carbonyl (C=O) groups excluding carboxylic acids is 1. The van der Waals surface area contributed by atoms with E-state index < -0.39 is 5.97 Å². The fourth-order valence-electron chi connectivity index (χ4n) is 4.42. The zero-order valence-corrected chi connectivity index (χ0v) is 21.2. The lowest BCUT2D eigenvalue weighted by Crippen LogP contribution is -2.37. The van der Waals surface area contributed by atoms with Gasteiger partial charge in [0.25, 0.3) is 0 Å². The van der Waals surface area contributed by atoms with Crippen molar-refractivity contribution in [3.05, 3.63) is 0 Å². The van der Waals surface area contributed by atoms with Crippen molar-refractivity contribution in [2.75, 3.05) is 18.8 Å². The van der Waals surface area contributed by atoms with Crippen LogP contribution in [0.3, 0.4) is 0 Å². The van der Waals surface area contributed by atoms with Crippen LogP contribution in [0.15, 0.2) is 0 Å². The number of carbonyl (C=O) groups is 2. The summed E-state index contributed by atoms with van der Waals surface area (Å²) in [6.07, 6.45) is 20.3. The summed E-state index contributed by atoms with van der Waals surface area (Å²) in [5, 5.41) is 9.52. The lowest BCUT2D eigenvalue weighted by Gasteiger charge is -2.30. The van der Waals surface area contributed by atoms with Gasteiger partial charge < -0.3 is 10.0 Å². The Kier molecular flexibility index (Phi) is 17.2. The second kappa shape index (κ2) is 18.8. The molecule has 1 amide bonds. The fourth-order valence-corrected chi connectivity index (χ4v) is 5.47. The molecule has 0 radical (unpaired) electrons. The molecular formula is C26H49NO3S. The Morgan fingerprint density at radius 2 is 1.39 bits per heavy atom. The van der Waals surface area contributed by atoms with Crippen LogP contribution >= 0.6 is 11.8 Å². The summed E-state index contributed by atoms with van der Waals surface area (Å²) in [5.41, 5.74) is 0. The van der Waals surface area contributed by atoms with Crippen molar-refractivity contribution in [3.8, 4) is 0 Å². The van der Waals surface area contributed by atoms with Gasteiger partial charge in [-0.3, -0.25) is 9.59 Å². The summed E-state index contributed by atoms with van der Waals surface area (Å²) < 4.78 is 0. The number of carboxylic acids is 1. The first-order valence-electron chi connectivity index (χ1n) is 13.1. The minimum atomic E-state index is -0.688. The summed E-state index contributed by atoms with van der Waals surface area (Å²) >= 11 is 1.64. The first kappa shape index (κ1) is 28.3. The van der Waals surface area contributed by atoms with E-state index in [4.69, 9.17) is 5.11 Å². The minimum Gasteiger partial charge on any atom is -0.481 e. The van der Waals surface area contributed by atoms with Gasteiger partial charge >= 0.3 is 5.97 Å². The second-order valence-corrected chi connectivity index (χ2v) is 10.9. The molecular weight excluding hydrogens is 406 g/mol. The van der Waals surface area contributed by atoms with Crippen molar-refractivity contribution in [2.45, 2.75) is 128 Å². The first-order chi connectivity index (χ1) is 15.0. The number of thioether (sulfide) groups is 1. The van der Waals surface area contributed by atoms with Crippen LogP contribution in [0.25, 0.3) is 0 Å². The molecule has 1 N–H and O–H groups in total. The maximum atomic E-state index is 12.3. The van der Waals surface area contributed by atoms with Gasteiger partial charge in [0, 0.05) is 24.8 Å². The van der Waals surface area contributed by atoms with Crippen LogP contribution < -0.4 is 0 Å². The molecule has 5 heteroatoms. The molecule has 1 rings (SSSR count). The Balaban J connectivity index is 2.04. The standard InChI is InChI=1S/C26H49NO3S/c1-3-4-5-6-9-12-15-24(31-22-26(29)30)16-13-10-7-8-11-14-17-25(28)27-20-18-23(2)19-21-27/h23-24H,3-22H2,1-2H3,(H,29,30). The molecule has 4 nitrogen and oxygen atoms in total. The Hall–Kier alpha value is -0.710. The zero-order chi connectivity index (χ0) is 22.7. The number of amides is 1. The third-order valence-electron chi connectivity index (χ3n) is 6.63. The van der Waals surface area contributed by atoms with Gasteiger partial charge in [-0.05, 0) is 38.0 Å². The maximum absolute atomic E-state index is 12.3. The highest BCUT2D eigenvalue weighted by molar-refractivity contribution is 8.00. The molecule has 1 fully saturated rings. The van der Waals surface area contributed by atoms with E-state index in [9.17, 15) is 9.59 Å². The van der Waals surface area contributed by atoms with Crippen LogP contribution in [0.1, 0.15) is 123 Å². The third-order valence-corrected chi connectivity index (χ3v) is 7.98. The molecule has 0 bridgehead atoms. The molecule has 1 atom stereocenters. The van der Waals surface area contributed by atoms with Gasteiger partial charge in [-0.25, -0.2) is 0 Å². The van der Waals surface area contributed by atoms with Gasteiger partial charge in [0.15, 0.2) is 0 Å². The third kappa shape index (κ3) is 15.7. The van der Waals surface area contributed by atoms with Gasteiger partial charge in [0.2, 0.25) is 5.91 Å². The lowest BCUT2D eigenvalue weighted by atomic mass is 9.99. The molecule has 0 aromatic carbocycles. The molecule has 31 heavy (non-hydrogen) atoms. The molecule has 1 heterocycles. The Morgan fingerprint density at radius 1 is 0.871 bits per heavy atom. The highest BCUT2D eigenvalue weighted by atomic mass is 32.2. The van der Waals surface area contributed by atoms with Gasteiger partial charge in [0.1, 0.15) is 0 Å². The summed E-state index contributed by atoms with van der Waals surface area (Å²) in [6, 6.07) is 0. The largest absolute Gasteiger partial charge is 0.481 e. The smallest absolute Gasteiger partial charge is 0.313 e. The monoisotopic (exact) mass is 455 g/mol.